The zero-order chi connectivity index (χ0) is 19.4. The number of piperidine rings is 1. The van der Waals surface area contributed by atoms with Crippen LogP contribution in [0.2, 0.25) is 19.6 Å². The molecule has 1 aliphatic heterocycles. The average Bonchev–Trinajstić information content (AvgIpc) is 2.65. The van der Waals surface area contributed by atoms with Gasteiger partial charge < -0.3 is 4.43 Å². The maximum Gasteiger partial charge on any atom is 0.183 e. The SMILES string of the molecule is C[C@H]1C(=O)C[C@H](c2ccccc2)N(Cc2ccccc2)[C@@H]1CO[Si](C)(C)C. The summed E-state index contributed by atoms with van der Waals surface area (Å²) in [5, 5.41) is 0. The number of ketones is 1. The Bertz CT molecular complexity index is 742. The van der Waals surface area contributed by atoms with Gasteiger partial charge in [-0.15, -0.1) is 0 Å². The van der Waals surface area contributed by atoms with Crippen molar-refractivity contribution in [1.82, 2.24) is 4.90 Å². The summed E-state index contributed by atoms with van der Waals surface area (Å²) in [5.41, 5.74) is 2.49. The highest BCUT2D eigenvalue weighted by Crippen LogP contribution is 2.37. The number of Topliss-reactive ketones (excluding diaryl/α,β-unsaturated/α-hetero) is 1. The second-order valence-electron chi connectivity index (χ2n) is 8.53. The fourth-order valence-corrected chi connectivity index (χ4v) is 4.48. The molecule has 2 aromatic carbocycles. The smallest absolute Gasteiger partial charge is 0.183 e. The van der Waals surface area contributed by atoms with Gasteiger partial charge in [-0.2, -0.15) is 0 Å². The number of nitrogens with zero attached hydrogens (tertiary/aromatic N) is 1. The van der Waals surface area contributed by atoms with E-state index in [1.54, 1.807) is 0 Å². The molecule has 0 radical (unpaired) electrons. The van der Waals surface area contributed by atoms with Crippen molar-refractivity contribution in [2.24, 2.45) is 5.92 Å². The summed E-state index contributed by atoms with van der Waals surface area (Å²) in [5.74, 6) is 0.336. The maximum absolute atomic E-state index is 12.8. The third-order valence-corrected chi connectivity index (χ3v) is 6.42. The molecule has 1 fully saturated rings. The second kappa shape index (κ2) is 8.51. The first-order valence-electron chi connectivity index (χ1n) is 9.86. The van der Waals surface area contributed by atoms with E-state index in [1.165, 1.54) is 11.1 Å². The van der Waals surface area contributed by atoms with Crippen LogP contribution in [0.25, 0.3) is 0 Å². The van der Waals surface area contributed by atoms with E-state index in [0.717, 1.165) is 6.54 Å². The summed E-state index contributed by atoms with van der Waals surface area (Å²) >= 11 is 0. The highest BCUT2D eigenvalue weighted by Gasteiger charge is 2.41. The highest BCUT2D eigenvalue weighted by molar-refractivity contribution is 6.69. The molecule has 0 aliphatic carbocycles. The summed E-state index contributed by atoms with van der Waals surface area (Å²) in [6, 6.07) is 21.2. The van der Waals surface area contributed by atoms with Crippen LogP contribution in [-0.4, -0.2) is 31.6 Å². The minimum absolute atomic E-state index is 0.00924. The molecule has 0 aromatic heterocycles. The predicted molar refractivity (Wildman–Crippen MR) is 113 cm³/mol. The van der Waals surface area contributed by atoms with Crippen molar-refractivity contribution in [2.45, 2.75) is 51.6 Å². The van der Waals surface area contributed by atoms with E-state index in [9.17, 15) is 4.79 Å². The quantitative estimate of drug-likeness (QED) is 0.655. The van der Waals surface area contributed by atoms with Gasteiger partial charge in [0, 0.05) is 31.0 Å². The molecule has 27 heavy (non-hydrogen) atoms. The van der Waals surface area contributed by atoms with Gasteiger partial charge in [0.1, 0.15) is 5.78 Å². The van der Waals surface area contributed by atoms with Crippen LogP contribution in [0, 0.1) is 5.92 Å². The Morgan fingerprint density at radius 3 is 2.19 bits per heavy atom. The fraction of sp³-hybridized carbons (Fsp3) is 0.435. The van der Waals surface area contributed by atoms with Crippen LogP contribution in [0.15, 0.2) is 60.7 Å². The van der Waals surface area contributed by atoms with Gasteiger partial charge in [-0.25, -0.2) is 0 Å². The first-order valence-corrected chi connectivity index (χ1v) is 13.3. The molecule has 3 nitrogen and oxygen atoms in total. The number of likely N-dealkylation sites (tertiary alicyclic amines) is 1. The summed E-state index contributed by atoms with van der Waals surface area (Å²) in [6.45, 7) is 10.1. The molecule has 0 N–H and O–H groups in total. The third kappa shape index (κ3) is 5.16. The van der Waals surface area contributed by atoms with Crippen LogP contribution in [0.5, 0.6) is 0 Å². The summed E-state index contributed by atoms with van der Waals surface area (Å²) in [6.07, 6.45) is 0.571. The van der Waals surface area contributed by atoms with Crippen LogP contribution < -0.4 is 0 Å². The van der Waals surface area contributed by atoms with Gasteiger partial charge in [-0.05, 0) is 30.8 Å². The van der Waals surface area contributed by atoms with Gasteiger partial charge in [0.2, 0.25) is 0 Å². The lowest BCUT2D eigenvalue weighted by molar-refractivity contribution is -0.133. The van der Waals surface area contributed by atoms with Gasteiger partial charge in [0.05, 0.1) is 6.61 Å². The van der Waals surface area contributed by atoms with Gasteiger partial charge in [0.15, 0.2) is 8.32 Å². The molecule has 1 saturated heterocycles. The molecule has 1 aliphatic rings. The highest BCUT2D eigenvalue weighted by atomic mass is 28.4. The molecule has 2 aromatic rings. The molecular formula is C23H31NO2Si. The van der Waals surface area contributed by atoms with Gasteiger partial charge in [-0.1, -0.05) is 67.6 Å². The van der Waals surface area contributed by atoms with E-state index < -0.39 is 8.32 Å². The van der Waals surface area contributed by atoms with E-state index >= 15 is 0 Å². The molecule has 4 heteroatoms. The maximum atomic E-state index is 12.8. The summed E-state index contributed by atoms with van der Waals surface area (Å²) < 4.78 is 6.28. The van der Waals surface area contributed by atoms with Crippen LogP contribution in [0.3, 0.4) is 0 Å². The Hall–Kier alpha value is -1.75. The molecular weight excluding hydrogens is 350 g/mol. The standard InChI is InChI=1S/C23H31NO2Si/c1-18-22(17-26-27(2,3)4)24(16-19-11-7-5-8-12-19)21(15-23(18)25)20-13-9-6-10-14-20/h5-14,18,21-22H,15-17H2,1-4H3/t18-,21-,22-/m1/s1. The number of rotatable bonds is 6. The van der Waals surface area contributed by atoms with Gasteiger partial charge in [0.25, 0.3) is 0 Å². The van der Waals surface area contributed by atoms with Crippen molar-refractivity contribution in [3.05, 3.63) is 71.8 Å². The Balaban J connectivity index is 1.94. The van der Waals surface area contributed by atoms with Crippen molar-refractivity contribution in [3.63, 3.8) is 0 Å². The van der Waals surface area contributed by atoms with E-state index in [0.29, 0.717) is 18.8 Å². The normalized spacial score (nSPS) is 24.1. The average molecular weight is 382 g/mol. The Morgan fingerprint density at radius 1 is 1.00 bits per heavy atom. The largest absolute Gasteiger partial charge is 0.416 e. The van der Waals surface area contributed by atoms with E-state index in [-0.39, 0.29) is 18.0 Å². The van der Waals surface area contributed by atoms with Crippen molar-refractivity contribution in [2.75, 3.05) is 6.61 Å². The van der Waals surface area contributed by atoms with Crippen LogP contribution >= 0.6 is 0 Å². The van der Waals surface area contributed by atoms with Crippen molar-refractivity contribution < 1.29 is 9.22 Å². The summed E-state index contributed by atoms with van der Waals surface area (Å²) in [4.78, 5) is 15.3. The number of hydrogen-bond acceptors (Lipinski definition) is 3. The van der Waals surface area contributed by atoms with Gasteiger partial charge in [-0.3, -0.25) is 9.69 Å². The molecule has 1 heterocycles. The zero-order valence-corrected chi connectivity index (χ0v) is 17.9. The Labute approximate surface area is 164 Å². The van der Waals surface area contributed by atoms with Crippen molar-refractivity contribution >= 4 is 14.1 Å². The number of carbonyl (C=O) groups excluding carboxylic acids is 1. The van der Waals surface area contributed by atoms with E-state index in [2.05, 4.69) is 80.0 Å². The Morgan fingerprint density at radius 2 is 1.59 bits per heavy atom. The molecule has 3 atom stereocenters. The summed E-state index contributed by atoms with van der Waals surface area (Å²) in [7, 11) is -1.65. The molecule has 144 valence electrons. The minimum Gasteiger partial charge on any atom is -0.416 e. The second-order valence-corrected chi connectivity index (χ2v) is 13.0. The molecule has 0 unspecified atom stereocenters. The first kappa shape index (κ1) is 20.0. The van der Waals surface area contributed by atoms with E-state index in [1.807, 2.05) is 12.1 Å². The lowest BCUT2D eigenvalue weighted by Crippen LogP contribution is -2.53. The molecule has 0 saturated carbocycles. The molecule has 0 amide bonds. The fourth-order valence-electron chi connectivity index (χ4n) is 3.81. The topological polar surface area (TPSA) is 29.5 Å². The lowest BCUT2D eigenvalue weighted by atomic mass is 9.83. The zero-order valence-electron chi connectivity index (χ0n) is 16.9. The Kier molecular flexibility index (Phi) is 6.30. The van der Waals surface area contributed by atoms with Gasteiger partial charge >= 0.3 is 0 Å². The van der Waals surface area contributed by atoms with Crippen LogP contribution in [0.1, 0.15) is 30.5 Å². The molecule has 0 bridgehead atoms. The molecule has 0 spiro atoms. The predicted octanol–water partition coefficient (Wildman–Crippen LogP) is 5.06. The number of carbonyl (C=O) groups is 1. The van der Waals surface area contributed by atoms with Crippen LogP contribution in [0.4, 0.5) is 0 Å². The first-order chi connectivity index (χ1) is 12.8. The minimum atomic E-state index is -1.65. The molecule has 3 rings (SSSR count). The monoisotopic (exact) mass is 381 g/mol. The lowest BCUT2D eigenvalue weighted by Gasteiger charge is -2.45. The van der Waals surface area contributed by atoms with Crippen molar-refractivity contribution in [3.8, 4) is 0 Å². The third-order valence-electron chi connectivity index (χ3n) is 5.39. The number of benzene rings is 2. The van der Waals surface area contributed by atoms with Crippen molar-refractivity contribution in [1.29, 1.82) is 0 Å². The number of hydrogen-bond donors (Lipinski definition) is 0. The van der Waals surface area contributed by atoms with E-state index in [4.69, 9.17) is 4.43 Å². The van der Waals surface area contributed by atoms with Crippen LogP contribution in [-0.2, 0) is 15.8 Å².